The number of thiophene rings is 1. The average molecular weight is 206 g/mol. The lowest BCUT2D eigenvalue weighted by Gasteiger charge is -2.11. The molecule has 0 aliphatic carbocycles. The van der Waals surface area contributed by atoms with Crippen molar-refractivity contribution in [2.24, 2.45) is 0 Å². The molecule has 0 amide bonds. The highest BCUT2D eigenvalue weighted by Crippen LogP contribution is 2.25. The predicted octanol–water partition coefficient (Wildman–Crippen LogP) is 2.40. The molecule has 13 heavy (non-hydrogen) atoms. The maximum absolute atomic E-state index is 12.9. The van der Waals surface area contributed by atoms with E-state index in [2.05, 4.69) is 0 Å². The molecule has 2 nitrogen and oxygen atoms in total. The first-order valence-corrected chi connectivity index (χ1v) is 4.49. The molecule has 1 N–H and O–H groups in total. The van der Waals surface area contributed by atoms with Crippen LogP contribution in [0, 0.1) is 0 Å². The summed E-state index contributed by atoms with van der Waals surface area (Å²) in [6.45, 7) is 0. The molecule has 0 aliphatic rings. The van der Waals surface area contributed by atoms with E-state index in [0.29, 0.717) is 4.88 Å². The SMILES string of the molecule is O=C(O)CC(F)(F)Cc1cccs1. The Hall–Kier alpha value is -0.970. The third kappa shape index (κ3) is 3.50. The summed E-state index contributed by atoms with van der Waals surface area (Å²) >= 11 is 1.20. The number of carboxylic acid groups (broad SMARTS) is 1. The Morgan fingerprint density at radius 1 is 1.62 bits per heavy atom. The third-order valence-corrected chi connectivity index (χ3v) is 2.30. The monoisotopic (exact) mass is 206 g/mol. The van der Waals surface area contributed by atoms with E-state index < -0.39 is 24.7 Å². The summed E-state index contributed by atoms with van der Waals surface area (Å²) in [4.78, 5) is 10.6. The Morgan fingerprint density at radius 3 is 2.77 bits per heavy atom. The normalized spacial score (nSPS) is 11.5. The third-order valence-electron chi connectivity index (χ3n) is 1.42. The van der Waals surface area contributed by atoms with Gasteiger partial charge in [0.05, 0.1) is 0 Å². The van der Waals surface area contributed by atoms with Crippen LogP contribution in [-0.2, 0) is 11.2 Å². The van der Waals surface area contributed by atoms with Gasteiger partial charge in [-0.2, -0.15) is 0 Å². The lowest BCUT2D eigenvalue weighted by Crippen LogP contribution is -2.23. The van der Waals surface area contributed by atoms with Gasteiger partial charge in [0.15, 0.2) is 0 Å². The van der Waals surface area contributed by atoms with E-state index in [-0.39, 0.29) is 0 Å². The van der Waals surface area contributed by atoms with Gasteiger partial charge in [0, 0.05) is 11.3 Å². The Bertz CT molecular complexity index is 282. The topological polar surface area (TPSA) is 37.3 Å². The lowest BCUT2D eigenvalue weighted by atomic mass is 10.1. The van der Waals surface area contributed by atoms with Crippen molar-refractivity contribution in [3.63, 3.8) is 0 Å². The molecule has 5 heteroatoms. The van der Waals surface area contributed by atoms with Crippen molar-refractivity contribution < 1.29 is 18.7 Å². The number of halogens is 2. The van der Waals surface area contributed by atoms with Gasteiger partial charge in [-0.05, 0) is 11.4 Å². The second kappa shape index (κ2) is 3.83. The van der Waals surface area contributed by atoms with Gasteiger partial charge in [0.2, 0.25) is 0 Å². The molecule has 0 atom stereocenters. The van der Waals surface area contributed by atoms with Gasteiger partial charge in [-0.3, -0.25) is 4.79 Å². The van der Waals surface area contributed by atoms with E-state index in [1.807, 2.05) is 0 Å². The fraction of sp³-hybridized carbons (Fsp3) is 0.375. The Kier molecular flexibility index (Phi) is 2.98. The highest BCUT2D eigenvalue weighted by atomic mass is 32.1. The minimum absolute atomic E-state index is 0.489. The average Bonchev–Trinajstić information content (AvgIpc) is 2.34. The van der Waals surface area contributed by atoms with Gasteiger partial charge in [0.1, 0.15) is 6.42 Å². The molecular formula is C8H8F2O2S. The van der Waals surface area contributed by atoms with Crippen LogP contribution >= 0.6 is 11.3 Å². The zero-order chi connectivity index (χ0) is 9.90. The minimum Gasteiger partial charge on any atom is -0.481 e. The Labute approximate surface area is 77.8 Å². The van der Waals surface area contributed by atoms with Crippen LogP contribution in [0.25, 0.3) is 0 Å². The van der Waals surface area contributed by atoms with Gasteiger partial charge >= 0.3 is 5.97 Å². The molecule has 0 fully saturated rings. The molecule has 0 bridgehead atoms. The number of carbonyl (C=O) groups is 1. The van der Waals surface area contributed by atoms with E-state index in [4.69, 9.17) is 5.11 Å². The van der Waals surface area contributed by atoms with E-state index in [0.717, 1.165) is 0 Å². The zero-order valence-corrected chi connectivity index (χ0v) is 7.48. The van der Waals surface area contributed by atoms with Gasteiger partial charge in [0.25, 0.3) is 5.92 Å². The van der Waals surface area contributed by atoms with Gasteiger partial charge in [-0.15, -0.1) is 11.3 Å². The summed E-state index contributed by atoms with van der Waals surface area (Å²) in [6.07, 6.45) is -1.60. The molecule has 1 aromatic rings. The summed E-state index contributed by atoms with van der Waals surface area (Å²) in [5, 5.41) is 9.89. The summed E-state index contributed by atoms with van der Waals surface area (Å²) in [7, 11) is 0. The molecule has 0 aromatic carbocycles. The molecule has 0 spiro atoms. The first kappa shape index (κ1) is 10.1. The summed E-state index contributed by atoms with van der Waals surface area (Å²) in [6, 6.07) is 3.23. The van der Waals surface area contributed by atoms with Crippen molar-refractivity contribution in [3.05, 3.63) is 22.4 Å². The smallest absolute Gasteiger partial charge is 0.309 e. The summed E-state index contributed by atoms with van der Waals surface area (Å²) < 4.78 is 25.7. The van der Waals surface area contributed by atoms with Crippen LogP contribution in [0.4, 0.5) is 8.78 Å². The predicted molar refractivity (Wildman–Crippen MR) is 45.2 cm³/mol. The van der Waals surface area contributed by atoms with Crippen molar-refractivity contribution in [1.29, 1.82) is 0 Å². The van der Waals surface area contributed by atoms with Gasteiger partial charge < -0.3 is 5.11 Å². The number of hydrogen-bond acceptors (Lipinski definition) is 2. The first-order chi connectivity index (χ1) is 5.99. The largest absolute Gasteiger partial charge is 0.481 e. The number of hydrogen-bond donors (Lipinski definition) is 1. The summed E-state index contributed by atoms with van der Waals surface area (Å²) in [5.74, 6) is -4.61. The minimum atomic E-state index is -3.14. The molecule has 1 rings (SSSR count). The number of alkyl halides is 2. The Morgan fingerprint density at radius 2 is 2.31 bits per heavy atom. The number of aliphatic carboxylic acids is 1. The van der Waals surface area contributed by atoms with Crippen LogP contribution in [0.2, 0.25) is 0 Å². The van der Waals surface area contributed by atoms with Crippen molar-refractivity contribution in [1.82, 2.24) is 0 Å². The summed E-state index contributed by atoms with van der Waals surface area (Å²) in [5.41, 5.74) is 0. The van der Waals surface area contributed by atoms with Gasteiger partial charge in [-0.25, -0.2) is 8.78 Å². The van der Waals surface area contributed by atoms with E-state index in [1.165, 1.54) is 11.3 Å². The molecule has 0 aliphatic heterocycles. The zero-order valence-electron chi connectivity index (χ0n) is 6.67. The molecule has 0 saturated carbocycles. The second-order valence-electron chi connectivity index (χ2n) is 2.68. The molecule has 0 saturated heterocycles. The molecule has 1 heterocycles. The number of carboxylic acids is 1. The van der Waals surface area contributed by atoms with Crippen molar-refractivity contribution in [3.8, 4) is 0 Å². The van der Waals surface area contributed by atoms with Crippen molar-refractivity contribution >= 4 is 17.3 Å². The van der Waals surface area contributed by atoms with E-state index in [9.17, 15) is 13.6 Å². The second-order valence-corrected chi connectivity index (χ2v) is 3.71. The van der Waals surface area contributed by atoms with Gasteiger partial charge in [-0.1, -0.05) is 6.07 Å². The Balaban J connectivity index is 2.56. The van der Waals surface area contributed by atoms with Crippen LogP contribution < -0.4 is 0 Å². The standard InChI is InChI=1S/C8H8F2O2S/c9-8(10,5-7(11)12)4-6-2-1-3-13-6/h1-3H,4-5H2,(H,11,12). The first-order valence-electron chi connectivity index (χ1n) is 3.62. The number of rotatable bonds is 4. The van der Waals surface area contributed by atoms with Crippen LogP contribution in [0.5, 0.6) is 0 Å². The van der Waals surface area contributed by atoms with Crippen LogP contribution in [0.15, 0.2) is 17.5 Å². The quantitative estimate of drug-likeness (QED) is 0.821. The molecule has 0 unspecified atom stereocenters. The highest BCUT2D eigenvalue weighted by Gasteiger charge is 2.32. The fourth-order valence-corrected chi connectivity index (χ4v) is 1.74. The van der Waals surface area contributed by atoms with Crippen LogP contribution in [-0.4, -0.2) is 17.0 Å². The molecular weight excluding hydrogens is 198 g/mol. The van der Waals surface area contributed by atoms with Crippen LogP contribution in [0.1, 0.15) is 11.3 Å². The molecule has 1 aromatic heterocycles. The maximum atomic E-state index is 12.9. The van der Waals surface area contributed by atoms with E-state index >= 15 is 0 Å². The lowest BCUT2D eigenvalue weighted by molar-refractivity contribution is -0.144. The van der Waals surface area contributed by atoms with Crippen molar-refractivity contribution in [2.45, 2.75) is 18.8 Å². The molecule has 0 radical (unpaired) electrons. The fourth-order valence-electron chi connectivity index (χ4n) is 0.952. The molecule has 72 valence electrons. The van der Waals surface area contributed by atoms with Crippen molar-refractivity contribution in [2.75, 3.05) is 0 Å². The van der Waals surface area contributed by atoms with E-state index in [1.54, 1.807) is 17.5 Å². The highest BCUT2D eigenvalue weighted by molar-refractivity contribution is 7.09. The maximum Gasteiger partial charge on any atom is 0.309 e. The van der Waals surface area contributed by atoms with Crippen LogP contribution in [0.3, 0.4) is 0 Å².